The van der Waals surface area contributed by atoms with Crippen molar-refractivity contribution in [1.82, 2.24) is 9.78 Å². The molecule has 5 heteroatoms. The van der Waals surface area contributed by atoms with E-state index in [0.717, 1.165) is 40.1 Å². The highest BCUT2D eigenvalue weighted by atomic mass is 79.9. The maximum Gasteiger partial charge on any atom is 0.131 e. The van der Waals surface area contributed by atoms with Crippen LogP contribution in [0.15, 0.2) is 28.7 Å². The van der Waals surface area contributed by atoms with Crippen LogP contribution in [0, 0.1) is 0 Å². The van der Waals surface area contributed by atoms with E-state index in [-0.39, 0.29) is 6.61 Å². The van der Waals surface area contributed by atoms with Gasteiger partial charge in [-0.15, -0.1) is 0 Å². The van der Waals surface area contributed by atoms with E-state index in [4.69, 9.17) is 9.84 Å². The zero-order valence-corrected chi connectivity index (χ0v) is 13.4. The minimum absolute atomic E-state index is 0.0216. The van der Waals surface area contributed by atoms with Gasteiger partial charge in [-0.05, 0) is 47.0 Å². The molecule has 0 aliphatic heterocycles. The second-order valence-corrected chi connectivity index (χ2v) is 5.26. The van der Waals surface area contributed by atoms with E-state index in [0.29, 0.717) is 6.61 Å². The van der Waals surface area contributed by atoms with E-state index < -0.39 is 0 Å². The summed E-state index contributed by atoms with van der Waals surface area (Å²) in [5, 5.41) is 13.7. The first-order chi connectivity index (χ1) is 9.69. The van der Waals surface area contributed by atoms with Crippen LogP contribution in [-0.4, -0.2) is 14.9 Å². The molecular formula is C15H19BrN2O2. The minimum atomic E-state index is 0.0216. The van der Waals surface area contributed by atoms with Crippen LogP contribution >= 0.6 is 15.9 Å². The van der Waals surface area contributed by atoms with Gasteiger partial charge in [-0.25, -0.2) is 0 Å². The minimum Gasteiger partial charge on any atom is -0.487 e. The molecule has 0 amide bonds. The number of halogens is 1. The molecule has 0 saturated carbocycles. The van der Waals surface area contributed by atoms with E-state index in [1.807, 2.05) is 28.9 Å². The lowest BCUT2D eigenvalue weighted by Crippen LogP contribution is -2.06. The standard InChI is InChI=1S/C15H19BrN2O2/c1-3-13-15(16)14(18(4-2)17-13)10-20-12-7-5-6-11(8-12)9-19/h5-8,19H,3-4,9-10H2,1-2H3. The number of benzene rings is 1. The second kappa shape index (κ2) is 6.90. The zero-order chi connectivity index (χ0) is 14.5. The average Bonchev–Trinajstić information content (AvgIpc) is 2.81. The number of aliphatic hydroxyl groups is 1. The number of nitrogens with zero attached hydrogens (tertiary/aromatic N) is 2. The molecule has 1 N–H and O–H groups in total. The molecule has 0 bridgehead atoms. The SMILES string of the molecule is CCc1nn(CC)c(COc2cccc(CO)c2)c1Br. The van der Waals surface area contributed by atoms with Gasteiger partial charge in [0.1, 0.15) is 12.4 Å². The topological polar surface area (TPSA) is 47.3 Å². The van der Waals surface area contributed by atoms with Crippen molar-refractivity contribution in [3.63, 3.8) is 0 Å². The largest absolute Gasteiger partial charge is 0.487 e. The molecule has 108 valence electrons. The van der Waals surface area contributed by atoms with Gasteiger partial charge in [-0.3, -0.25) is 4.68 Å². The van der Waals surface area contributed by atoms with Crippen LogP contribution in [0.25, 0.3) is 0 Å². The van der Waals surface area contributed by atoms with Gasteiger partial charge in [0.05, 0.1) is 22.5 Å². The van der Waals surface area contributed by atoms with Gasteiger partial charge < -0.3 is 9.84 Å². The van der Waals surface area contributed by atoms with Crippen molar-refractivity contribution in [2.45, 2.75) is 40.0 Å². The molecule has 0 spiro atoms. The lowest BCUT2D eigenvalue weighted by molar-refractivity contribution is 0.275. The Bertz CT molecular complexity index is 581. The van der Waals surface area contributed by atoms with Crippen molar-refractivity contribution in [2.75, 3.05) is 0 Å². The van der Waals surface area contributed by atoms with E-state index in [2.05, 4.69) is 34.9 Å². The number of hydrogen-bond donors (Lipinski definition) is 1. The van der Waals surface area contributed by atoms with E-state index in [9.17, 15) is 0 Å². The molecule has 0 radical (unpaired) electrons. The van der Waals surface area contributed by atoms with Gasteiger partial charge in [-0.2, -0.15) is 5.10 Å². The van der Waals surface area contributed by atoms with Crippen LogP contribution in [0.5, 0.6) is 5.75 Å². The molecule has 0 fully saturated rings. The number of rotatable bonds is 6. The van der Waals surface area contributed by atoms with E-state index >= 15 is 0 Å². The zero-order valence-electron chi connectivity index (χ0n) is 11.8. The molecule has 2 aromatic rings. The normalized spacial score (nSPS) is 10.8. The predicted octanol–water partition coefficient (Wildman–Crippen LogP) is 3.30. The maximum atomic E-state index is 9.13. The third-order valence-electron chi connectivity index (χ3n) is 3.15. The van der Waals surface area contributed by atoms with Gasteiger partial charge in [-0.1, -0.05) is 19.1 Å². The molecule has 0 atom stereocenters. The Morgan fingerprint density at radius 1 is 1.35 bits per heavy atom. The van der Waals surface area contributed by atoms with Gasteiger partial charge in [0.2, 0.25) is 0 Å². The molecule has 0 unspecified atom stereocenters. The fourth-order valence-corrected chi connectivity index (χ4v) is 2.72. The van der Waals surface area contributed by atoms with Crippen molar-refractivity contribution in [2.24, 2.45) is 0 Å². The van der Waals surface area contributed by atoms with Gasteiger partial charge in [0.25, 0.3) is 0 Å². The maximum absolute atomic E-state index is 9.13. The predicted molar refractivity (Wildman–Crippen MR) is 81.7 cm³/mol. The molecule has 2 rings (SSSR count). The Kier molecular flexibility index (Phi) is 5.20. The summed E-state index contributed by atoms with van der Waals surface area (Å²) in [5.74, 6) is 0.755. The van der Waals surface area contributed by atoms with Crippen LogP contribution in [0.2, 0.25) is 0 Å². The fourth-order valence-electron chi connectivity index (χ4n) is 2.04. The second-order valence-electron chi connectivity index (χ2n) is 4.47. The van der Waals surface area contributed by atoms with E-state index in [1.165, 1.54) is 0 Å². The number of ether oxygens (including phenoxy) is 1. The van der Waals surface area contributed by atoms with Crippen molar-refractivity contribution in [3.05, 3.63) is 45.7 Å². The quantitative estimate of drug-likeness (QED) is 0.878. The van der Waals surface area contributed by atoms with Crippen molar-refractivity contribution >= 4 is 15.9 Å². The first kappa shape index (κ1) is 15.1. The van der Waals surface area contributed by atoms with Crippen LogP contribution in [0.4, 0.5) is 0 Å². The summed E-state index contributed by atoms with van der Waals surface area (Å²) in [6.07, 6.45) is 0.889. The highest BCUT2D eigenvalue weighted by Gasteiger charge is 2.14. The summed E-state index contributed by atoms with van der Waals surface area (Å²) >= 11 is 3.60. The van der Waals surface area contributed by atoms with Crippen LogP contribution in [0.1, 0.15) is 30.8 Å². The number of hydrogen-bond acceptors (Lipinski definition) is 3. The summed E-state index contributed by atoms with van der Waals surface area (Å²) in [6, 6.07) is 7.49. The Morgan fingerprint density at radius 3 is 2.80 bits per heavy atom. The fraction of sp³-hybridized carbons (Fsp3) is 0.400. The molecule has 0 saturated heterocycles. The summed E-state index contributed by atoms with van der Waals surface area (Å²) in [5.41, 5.74) is 2.94. The summed E-state index contributed by atoms with van der Waals surface area (Å²) < 4.78 is 8.80. The lowest BCUT2D eigenvalue weighted by atomic mass is 10.2. The number of aliphatic hydroxyl groups excluding tert-OH is 1. The smallest absolute Gasteiger partial charge is 0.131 e. The van der Waals surface area contributed by atoms with Gasteiger partial charge in [0, 0.05) is 6.54 Å². The summed E-state index contributed by atoms with van der Waals surface area (Å²) in [6.45, 7) is 5.44. The molecule has 1 heterocycles. The summed E-state index contributed by atoms with van der Waals surface area (Å²) in [7, 11) is 0. The van der Waals surface area contributed by atoms with Crippen LogP contribution in [0.3, 0.4) is 0 Å². The molecule has 1 aromatic heterocycles. The average molecular weight is 339 g/mol. The Hall–Kier alpha value is -1.33. The Morgan fingerprint density at radius 2 is 2.15 bits per heavy atom. The Labute approximate surface area is 127 Å². The van der Waals surface area contributed by atoms with Crippen molar-refractivity contribution in [3.8, 4) is 5.75 Å². The van der Waals surface area contributed by atoms with Gasteiger partial charge >= 0.3 is 0 Å². The highest BCUT2D eigenvalue weighted by molar-refractivity contribution is 9.10. The number of aromatic nitrogens is 2. The third-order valence-corrected chi connectivity index (χ3v) is 4.07. The number of aryl methyl sites for hydroxylation is 2. The highest BCUT2D eigenvalue weighted by Crippen LogP contribution is 2.24. The van der Waals surface area contributed by atoms with E-state index in [1.54, 1.807) is 0 Å². The van der Waals surface area contributed by atoms with Gasteiger partial charge in [0.15, 0.2) is 0 Å². The summed E-state index contributed by atoms with van der Waals surface area (Å²) in [4.78, 5) is 0. The van der Waals surface area contributed by atoms with Crippen molar-refractivity contribution < 1.29 is 9.84 Å². The monoisotopic (exact) mass is 338 g/mol. The van der Waals surface area contributed by atoms with Crippen LogP contribution < -0.4 is 4.74 Å². The molecule has 4 nitrogen and oxygen atoms in total. The molecule has 20 heavy (non-hydrogen) atoms. The first-order valence-electron chi connectivity index (χ1n) is 6.76. The van der Waals surface area contributed by atoms with Crippen molar-refractivity contribution in [1.29, 1.82) is 0 Å². The first-order valence-corrected chi connectivity index (χ1v) is 7.55. The molecule has 0 aliphatic carbocycles. The molecule has 1 aromatic carbocycles. The van der Waals surface area contributed by atoms with Crippen LogP contribution in [-0.2, 0) is 26.2 Å². The lowest BCUT2D eigenvalue weighted by Gasteiger charge is -2.09. The molecular weight excluding hydrogens is 320 g/mol. The Balaban J connectivity index is 2.15. The molecule has 0 aliphatic rings. The third kappa shape index (κ3) is 3.22.